The lowest BCUT2D eigenvalue weighted by atomic mass is 10.0. The number of ether oxygens (including phenoxy) is 2. The molecule has 23 heavy (non-hydrogen) atoms. The molecule has 0 saturated carbocycles. The Morgan fingerprint density at radius 3 is 2.61 bits per heavy atom. The maximum Gasteiger partial charge on any atom is 0.347 e. The molecule has 2 rings (SSSR count). The van der Waals surface area contributed by atoms with E-state index >= 15 is 0 Å². The highest BCUT2D eigenvalue weighted by Crippen LogP contribution is 2.17. The summed E-state index contributed by atoms with van der Waals surface area (Å²) in [5.74, 6) is -1.91. The fourth-order valence-electron chi connectivity index (χ4n) is 2.16. The van der Waals surface area contributed by atoms with E-state index < -0.39 is 30.0 Å². The lowest BCUT2D eigenvalue weighted by Gasteiger charge is -2.22. The largest absolute Gasteiger partial charge is 0.463 e. The second kappa shape index (κ2) is 7.46. The van der Waals surface area contributed by atoms with Gasteiger partial charge in [-0.25, -0.2) is 9.59 Å². The standard InChI is InChI=1S/C16H18ClNO5/c1-9(2)13(16(21)23-12-7-8-22-15(12)20)18-14(19)10-5-3-4-6-11(10)17/h3-6,9,12-13H,7-8H2,1-2H3,(H,18,19)/t12-,13-/m0/s1. The zero-order valence-corrected chi connectivity index (χ0v) is 13.6. The van der Waals surface area contributed by atoms with Crippen LogP contribution < -0.4 is 5.32 Å². The predicted octanol–water partition coefficient (Wildman–Crippen LogP) is 1.95. The number of hydrogen-bond donors (Lipinski definition) is 1. The molecule has 1 N–H and O–H groups in total. The molecule has 0 unspecified atom stereocenters. The first-order valence-corrected chi connectivity index (χ1v) is 7.70. The van der Waals surface area contributed by atoms with E-state index in [0.29, 0.717) is 11.4 Å². The fourth-order valence-corrected chi connectivity index (χ4v) is 2.38. The molecule has 1 aromatic rings. The average molecular weight is 340 g/mol. The van der Waals surface area contributed by atoms with Crippen LogP contribution in [0.4, 0.5) is 0 Å². The van der Waals surface area contributed by atoms with Crippen molar-refractivity contribution in [3.63, 3.8) is 0 Å². The van der Waals surface area contributed by atoms with Gasteiger partial charge in [0.25, 0.3) is 5.91 Å². The topological polar surface area (TPSA) is 81.7 Å². The molecule has 1 aromatic carbocycles. The van der Waals surface area contributed by atoms with Gasteiger partial charge in [0.2, 0.25) is 6.10 Å². The van der Waals surface area contributed by atoms with Gasteiger partial charge in [-0.05, 0) is 18.1 Å². The van der Waals surface area contributed by atoms with Crippen LogP contribution in [-0.2, 0) is 19.1 Å². The number of esters is 2. The van der Waals surface area contributed by atoms with E-state index in [-0.39, 0.29) is 18.1 Å². The lowest BCUT2D eigenvalue weighted by molar-refractivity contribution is -0.162. The molecule has 1 aliphatic heterocycles. The third-order valence-corrected chi connectivity index (χ3v) is 3.80. The summed E-state index contributed by atoms with van der Waals surface area (Å²) in [6, 6.07) is 5.66. The number of rotatable bonds is 5. The van der Waals surface area contributed by atoms with Crippen LogP contribution in [0.25, 0.3) is 0 Å². The molecule has 1 fully saturated rings. The van der Waals surface area contributed by atoms with Crippen LogP contribution in [0.3, 0.4) is 0 Å². The highest BCUT2D eigenvalue weighted by atomic mass is 35.5. The third-order valence-electron chi connectivity index (χ3n) is 3.47. The van der Waals surface area contributed by atoms with Crippen LogP contribution in [-0.4, -0.2) is 36.6 Å². The van der Waals surface area contributed by atoms with E-state index in [2.05, 4.69) is 5.32 Å². The number of amides is 1. The Kier molecular flexibility index (Phi) is 5.60. The monoisotopic (exact) mass is 339 g/mol. The highest BCUT2D eigenvalue weighted by Gasteiger charge is 2.34. The van der Waals surface area contributed by atoms with E-state index in [1.807, 2.05) is 0 Å². The normalized spacial score (nSPS) is 18.4. The van der Waals surface area contributed by atoms with Crippen LogP contribution in [0.5, 0.6) is 0 Å². The van der Waals surface area contributed by atoms with Gasteiger partial charge in [-0.1, -0.05) is 37.6 Å². The molecule has 6 nitrogen and oxygen atoms in total. The van der Waals surface area contributed by atoms with Crippen molar-refractivity contribution >= 4 is 29.4 Å². The molecule has 1 heterocycles. The number of carbonyl (C=O) groups excluding carboxylic acids is 3. The summed E-state index contributed by atoms with van der Waals surface area (Å²) in [5, 5.41) is 2.90. The van der Waals surface area contributed by atoms with E-state index in [1.165, 1.54) is 0 Å². The number of cyclic esters (lactones) is 1. The minimum Gasteiger partial charge on any atom is -0.463 e. The first-order chi connectivity index (χ1) is 10.9. The molecular formula is C16H18ClNO5. The summed E-state index contributed by atoms with van der Waals surface area (Å²) in [6.45, 7) is 3.77. The summed E-state index contributed by atoms with van der Waals surface area (Å²) < 4.78 is 9.90. The van der Waals surface area contributed by atoms with Crippen molar-refractivity contribution in [1.29, 1.82) is 0 Å². The molecule has 2 atom stereocenters. The van der Waals surface area contributed by atoms with Gasteiger partial charge in [0, 0.05) is 6.42 Å². The van der Waals surface area contributed by atoms with Crippen LogP contribution in [0, 0.1) is 5.92 Å². The number of halogens is 1. The van der Waals surface area contributed by atoms with Crippen LogP contribution >= 0.6 is 11.6 Å². The second-order valence-electron chi connectivity index (χ2n) is 5.56. The smallest absolute Gasteiger partial charge is 0.347 e. The number of nitrogens with one attached hydrogen (secondary N) is 1. The molecular weight excluding hydrogens is 322 g/mol. The van der Waals surface area contributed by atoms with E-state index in [1.54, 1.807) is 38.1 Å². The minimum atomic E-state index is -0.902. The Labute approximate surface area is 139 Å². The molecule has 0 aliphatic carbocycles. The number of benzene rings is 1. The van der Waals surface area contributed by atoms with Crippen molar-refractivity contribution in [1.82, 2.24) is 5.32 Å². The second-order valence-corrected chi connectivity index (χ2v) is 5.96. The highest BCUT2D eigenvalue weighted by molar-refractivity contribution is 6.33. The molecule has 0 radical (unpaired) electrons. The number of carbonyl (C=O) groups is 3. The summed E-state index contributed by atoms with van der Waals surface area (Å²) in [6.07, 6.45) is -0.575. The Morgan fingerprint density at radius 1 is 1.35 bits per heavy atom. The van der Waals surface area contributed by atoms with Crippen molar-refractivity contribution in [2.24, 2.45) is 5.92 Å². The summed E-state index contributed by atoms with van der Waals surface area (Å²) >= 11 is 5.98. The maximum absolute atomic E-state index is 12.3. The minimum absolute atomic E-state index is 0.216. The predicted molar refractivity (Wildman–Crippen MR) is 83.0 cm³/mol. The van der Waals surface area contributed by atoms with Gasteiger partial charge < -0.3 is 14.8 Å². The van der Waals surface area contributed by atoms with Crippen LogP contribution in [0.1, 0.15) is 30.6 Å². The Bertz CT molecular complexity index is 616. The van der Waals surface area contributed by atoms with Gasteiger partial charge >= 0.3 is 11.9 Å². The molecule has 0 spiro atoms. The molecule has 0 aromatic heterocycles. The van der Waals surface area contributed by atoms with Gasteiger partial charge in [-0.2, -0.15) is 0 Å². The van der Waals surface area contributed by atoms with E-state index in [4.69, 9.17) is 21.1 Å². The first-order valence-electron chi connectivity index (χ1n) is 7.32. The van der Waals surface area contributed by atoms with Gasteiger partial charge in [-0.15, -0.1) is 0 Å². The first kappa shape index (κ1) is 17.3. The third kappa shape index (κ3) is 4.22. The van der Waals surface area contributed by atoms with Gasteiger partial charge in [-0.3, -0.25) is 4.79 Å². The van der Waals surface area contributed by atoms with Crippen molar-refractivity contribution in [3.05, 3.63) is 34.9 Å². The zero-order chi connectivity index (χ0) is 17.0. The number of hydrogen-bond acceptors (Lipinski definition) is 5. The Balaban J connectivity index is 2.06. The quantitative estimate of drug-likeness (QED) is 0.829. The summed E-state index contributed by atoms with van der Waals surface area (Å²) in [5.41, 5.74) is 0.271. The summed E-state index contributed by atoms with van der Waals surface area (Å²) in [4.78, 5) is 35.9. The zero-order valence-electron chi connectivity index (χ0n) is 12.9. The molecule has 7 heteroatoms. The van der Waals surface area contributed by atoms with Crippen molar-refractivity contribution in [2.75, 3.05) is 6.61 Å². The van der Waals surface area contributed by atoms with Crippen LogP contribution in [0.15, 0.2) is 24.3 Å². The average Bonchev–Trinajstić information content (AvgIpc) is 2.89. The molecule has 124 valence electrons. The van der Waals surface area contributed by atoms with Crippen molar-refractivity contribution in [3.8, 4) is 0 Å². The lowest BCUT2D eigenvalue weighted by Crippen LogP contribution is -2.46. The Hall–Kier alpha value is -2.08. The fraction of sp³-hybridized carbons (Fsp3) is 0.438. The Morgan fingerprint density at radius 2 is 2.04 bits per heavy atom. The molecule has 1 amide bonds. The van der Waals surface area contributed by atoms with Gasteiger partial charge in [0.15, 0.2) is 0 Å². The molecule has 0 bridgehead atoms. The van der Waals surface area contributed by atoms with Crippen molar-refractivity contribution in [2.45, 2.75) is 32.4 Å². The van der Waals surface area contributed by atoms with Gasteiger partial charge in [0.1, 0.15) is 6.04 Å². The molecule has 1 aliphatic rings. The molecule has 1 saturated heterocycles. The van der Waals surface area contributed by atoms with E-state index in [9.17, 15) is 14.4 Å². The van der Waals surface area contributed by atoms with E-state index in [0.717, 1.165) is 0 Å². The SMILES string of the molecule is CC(C)[C@H](NC(=O)c1ccccc1Cl)C(=O)O[C@H]1CCOC1=O. The maximum atomic E-state index is 12.3. The van der Waals surface area contributed by atoms with Crippen molar-refractivity contribution < 1.29 is 23.9 Å². The summed E-state index contributed by atoms with van der Waals surface area (Å²) in [7, 11) is 0. The van der Waals surface area contributed by atoms with Gasteiger partial charge in [0.05, 0.1) is 17.2 Å². The van der Waals surface area contributed by atoms with Crippen LogP contribution in [0.2, 0.25) is 5.02 Å².